The van der Waals surface area contributed by atoms with Gasteiger partial charge in [-0.25, -0.2) is 9.10 Å². The van der Waals surface area contributed by atoms with Crippen LogP contribution in [0, 0.1) is 6.92 Å². The van der Waals surface area contributed by atoms with Crippen LogP contribution in [0.1, 0.15) is 15.9 Å². The maximum absolute atomic E-state index is 12.7. The maximum Gasteiger partial charge on any atom is 0.336 e. The van der Waals surface area contributed by atoms with Gasteiger partial charge in [0.1, 0.15) is 11.5 Å². The Morgan fingerprint density at radius 2 is 1.59 bits per heavy atom. The van der Waals surface area contributed by atoms with Gasteiger partial charge in [0.15, 0.2) is 0 Å². The summed E-state index contributed by atoms with van der Waals surface area (Å²) in [5.41, 5.74) is 2.93. The second kappa shape index (κ2) is 10.3. The lowest BCUT2D eigenvalue weighted by molar-refractivity contribution is 0.102. The maximum atomic E-state index is 12.7. The average molecular weight is 472 g/mol. The number of carbonyl (C=O) groups excluding carboxylic acids is 2. The van der Waals surface area contributed by atoms with Crippen LogP contribution in [0.4, 0.5) is 21.9 Å². The molecule has 0 aliphatic heterocycles. The molecule has 7 nitrogen and oxygen atoms in total. The second-order valence-corrected chi connectivity index (χ2v) is 7.55. The molecule has 0 heterocycles. The number of rotatable bonds is 6. The predicted octanol–water partition coefficient (Wildman–Crippen LogP) is 5.80. The number of ether oxygens (including phenoxy) is 2. The fraction of sp³-hybridized carbons (Fsp3) is 0.130. The Kier molecular flexibility index (Phi) is 7.50. The number of hydrogen-bond acceptors (Lipinski definition) is 5. The van der Waals surface area contributed by atoms with E-state index in [2.05, 4.69) is 23.4 Å². The molecule has 3 aromatic carbocycles. The zero-order chi connectivity index (χ0) is 23.3. The quantitative estimate of drug-likeness (QED) is 0.397. The molecule has 3 amide bonds. The van der Waals surface area contributed by atoms with Crippen molar-refractivity contribution in [1.82, 2.24) is 0 Å². The summed E-state index contributed by atoms with van der Waals surface area (Å²) in [6.45, 7) is 1.88. The first-order chi connectivity index (χ1) is 15.3. The number of hydrogen-bond donors (Lipinski definition) is 3. The number of nitrogens with one attached hydrogen (secondary N) is 2. The number of nitrogens with zero attached hydrogens (tertiary/aromatic N) is 1. The number of anilines is 3. The van der Waals surface area contributed by atoms with Crippen molar-refractivity contribution in [2.24, 2.45) is 0 Å². The normalized spacial score (nSPS) is 10.3. The Morgan fingerprint density at radius 1 is 0.938 bits per heavy atom. The van der Waals surface area contributed by atoms with E-state index in [9.17, 15) is 9.59 Å². The van der Waals surface area contributed by atoms with Crippen molar-refractivity contribution in [3.8, 4) is 11.5 Å². The average Bonchev–Trinajstić information content (AvgIpc) is 2.79. The minimum absolute atomic E-state index is 0.209. The molecule has 32 heavy (non-hydrogen) atoms. The zero-order valence-electron chi connectivity index (χ0n) is 17.7. The van der Waals surface area contributed by atoms with Gasteiger partial charge < -0.3 is 20.1 Å². The lowest BCUT2D eigenvalue weighted by Crippen LogP contribution is -2.27. The molecule has 0 aliphatic rings. The summed E-state index contributed by atoms with van der Waals surface area (Å²) in [7, 11) is 2.96. The summed E-state index contributed by atoms with van der Waals surface area (Å²) in [5.74, 6) is 0.600. The molecule has 0 aliphatic carbocycles. The number of benzene rings is 3. The van der Waals surface area contributed by atoms with Gasteiger partial charge in [-0.15, -0.1) is 0 Å². The van der Waals surface area contributed by atoms with E-state index in [1.807, 2.05) is 25.1 Å². The largest absolute Gasteiger partial charge is 0.495 e. The molecule has 0 aromatic heterocycles. The van der Waals surface area contributed by atoms with Crippen molar-refractivity contribution in [1.29, 1.82) is 0 Å². The van der Waals surface area contributed by atoms with Crippen LogP contribution in [0.3, 0.4) is 0 Å². The molecule has 0 bridgehead atoms. The molecule has 0 radical (unpaired) electrons. The topological polar surface area (TPSA) is 79.9 Å². The number of urea groups is 1. The molecule has 0 spiro atoms. The summed E-state index contributed by atoms with van der Waals surface area (Å²) >= 11 is 10.4. The van der Waals surface area contributed by atoms with Crippen LogP contribution in [0.2, 0.25) is 5.02 Å². The summed E-state index contributed by atoms with van der Waals surface area (Å²) in [4.78, 5) is 25.1. The standard InChI is InChI=1S/C23H22ClN3O4S/c1-14-6-4-5-7-17(14)22(28)25-15-8-10-16(11-9-15)27(32)23(29)26-19-12-18(24)20(30-2)13-21(19)31-3/h4-13,32H,1-3H3,(H,25,28)(H,26,29). The fourth-order valence-corrected chi connectivity index (χ4v) is 3.38. The molecular formula is C23H22ClN3O4S. The number of carbonyl (C=O) groups is 2. The first-order valence-electron chi connectivity index (χ1n) is 9.52. The fourth-order valence-electron chi connectivity index (χ4n) is 2.96. The molecule has 0 atom stereocenters. The second-order valence-electron chi connectivity index (χ2n) is 6.74. The molecule has 3 rings (SSSR count). The Hall–Kier alpha value is -3.36. The Balaban J connectivity index is 1.70. The van der Waals surface area contributed by atoms with Crippen molar-refractivity contribution >= 4 is 53.4 Å². The first kappa shape index (κ1) is 23.3. The van der Waals surface area contributed by atoms with Crippen LogP contribution in [-0.4, -0.2) is 26.2 Å². The van der Waals surface area contributed by atoms with E-state index in [0.29, 0.717) is 39.1 Å². The highest BCUT2D eigenvalue weighted by atomic mass is 35.5. The Bertz CT molecular complexity index is 1140. The highest BCUT2D eigenvalue weighted by Gasteiger charge is 2.17. The number of amides is 3. The summed E-state index contributed by atoms with van der Waals surface area (Å²) in [5, 5.41) is 5.86. The van der Waals surface area contributed by atoms with Crippen molar-refractivity contribution in [3.63, 3.8) is 0 Å². The lowest BCUT2D eigenvalue weighted by atomic mass is 10.1. The third kappa shape index (κ3) is 5.27. The molecular weight excluding hydrogens is 450 g/mol. The third-order valence-corrected chi connectivity index (χ3v) is 5.38. The van der Waals surface area contributed by atoms with Crippen LogP contribution in [0.25, 0.3) is 0 Å². The summed E-state index contributed by atoms with van der Waals surface area (Å²) in [6, 6.07) is 16.6. The minimum atomic E-state index is -0.524. The number of thiol groups is 1. The van der Waals surface area contributed by atoms with Gasteiger partial charge in [-0.3, -0.25) is 4.79 Å². The van der Waals surface area contributed by atoms with Gasteiger partial charge in [-0.1, -0.05) is 42.6 Å². The van der Waals surface area contributed by atoms with Crippen molar-refractivity contribution in [2.45, 2.75) is 6.92 Å². The first-order valence-corrected chi connectivity index (χ1v) is 10.3. The molecule has 9 heteroatoms. The Labute approximate surface area is 196 Å². The SMILES string of the molecule is COc1cc(OC)c(NC(=O)N(S)c2ccc(NC(=O)c3ccccc3C)cc2)cc1Cl. The van der Waals surface area contributed by atoms with Gasteiger partial charge in [-0.2, -0.15) is 0 Å². The van der Waals surface area contributed by atoms with Crippen molar-refractivity contribution in [2.75, 3.05) is 29.2 Å². The minimum Gasteiger partial charge on any atom is -0.495 e. The molecule has 166 valence electrons. The molecule has 0 saturated heterocycles. The smallest absolute Gasteiger partial charge is 0.336 e. The van der Waals surface area contributed by atoms with Crippen LogP contribution in [0.15, 0.2) is 60.7 Å². The van der Waals surface area contributed by atoms with Gasteiger partial charge >= 0.3 is 6.03 Å². The van der Waals surface area contributed by atoms with Crippen LogP contribution in [-0.2, 0) is 0 Å². The van der Waals surface area contributed by atoms with Gasteiger partial charge in [-0.05, 0) is 48.9 Å². The van der Waals surface area contributed by atoms with Gasteiger partial charge in [0, 0.05) is 17.3 Å². The highest BCUT2D eigenvalue weighted by Crippen LogP contribution is 2.36. The van der Waals surface area contributed by atoms with Crippen LogP contribution >= 0.6 is 24.4 Å². The van der Waals surface area contributed by atoms with E-state index in [1.54, 1.807) is 36.4 Å². The van der Waals surface area contributed by atoms with Crippen LogP contribution in [0.5, 0.6) is 11.5 Å². The third-order valence-electron chi connectivity index (χ3n) is 4.67. The van der Waals surface area contributed by atoms with Crippen molar-refractivity contribution in [3.05, 3.63) is 76.8 Å². The molecule has 0 fully saturated rings. The number of halogens is 1. The van der Waals surface area contributed by atoms with Gasteiger partial charge in [0.2, 0.25) is 0 Å². The molecule has 2 N–H and O–H groups in total. The van der Waals surface area contributed by atoms with E-state index >= 15 is 0 Å². The summed E-state index contributed by atoms with van der Waals surface area (Å²) in [6.07, 6.45) is 0. The van der Waals surface area contributed by atoms with E-state index in [1.165, 1.54) is 20.3 Å². The Morgan fingerprint density at radius 3 is 2.22 bits per heavy atom. The number of methoxy groups -OCH3 is 2. The van der Waals surface area contributed by atoms with E-state index < -0.39 is 6.03 Å². The van der Waals surface area contributed by atoms with Gasteiger partial charge in [0.05, 0.1) is 30.6 Å². The molecule has 0 unspecified atom stereocenters. The number of aryl methyl sites for hydroxylation is 1. The zero-order valence-corrected chi connectivity index (χ0v) is 19.3. The van der Waals surface area contributed by atoms with E-state index in [4.69, 9.17) is 21.1 Å². The summed E-state index contributed by atoms with van der Waals surface area (Å²) < 4.78 is 11.6. The van der Waals surface area contributed by atoms with Gasteiger partial charge in [0.25, 0.3) is 5.91 Å². The lowest BCUT2D eigenvalue weighted by Gasteiger charge is -2.19. The van der Waals surface area contributed by atoms with E-state index in [-0.39, 0.29) is 5.91 Å². The molecule has 3 aromatic rings. The van der Waals surface area contributed by atoms with E-state index in [0.717, 1.165) is 9.87 Å². The predicted molar refractivity (Wildman–Crippen MR) is 131 cm³/mol. The molecule has 0 saturated carbocycles. The highest BCUT2D eigenvalue weighted by molar-refractivity contribution is 7.82. The monoisotopic (exact) mass is 471 g/mol. The van der Waals surface area contributed by atoms with Crippen LogP contribution < -0.4 is 24.4 Å². The van der Waals surface area contributed by atoms with Crippen molar-refractivity contribution < 1.29 is 19.1 Å².